The lowest BCUT2D eigenvalue weighted by Gasteiger charge is -2.14. The Morgan fingerprint density at radius 2 is 2.26 bits per heavy atom. The number of benzene rings is 1. The van der Waals surface area contributed by atoms with E-state index in [4.69, 9.17) is 16.7 Å². The fourth-order valence-electron chi connectivity index (χ4n) is 2.15. The molecule has 1 fully saturated rings. The highest BCUT2D eigenvalue weighted by Crippen LogP contribution is 2.17. The maximum atomic E-state index is 11.8. The normalized spacial score (nSPS) is 19.3. The summed E-state index contributed by atoms with van der Waals surface area (Å²) >= 11 is 5.83. The molecular weight excluding hydrogens is 268 g/mol. The van der Waals surface area contributed by atoms with Gasteiger partial charge < -0.3 is 10.4 Å². The van der Waals surface area contributed by atoms with Crippen molar-refractivity contribution in [2.45, 2.75) is 6.42 Å². The molecule has 0 aromatic heterocycles. The van der Waals surface area contributed by atoms with Crippen LogP contribution in [0.25, 0.3) is 0 Å². The first-order valence-corrected chi connectivity index (χ1v) is 6.43. The van der Waals surface area contributed by atoms with Crippen molar-refractivity contribution in [1.82, 2.24) is 4.90 Å². The van der Waals surface area contributed by atoms with Crippen LogP contribution in [0, 0.1) is 5.92 Å². The zero-order valence-corrected chi connectivity index (χ0v) is 11.1. The number of carbonyl (C=O) groups excluding carboxylic acids is 1. The minimum Gasteiger partial charge on any atom is -0.481 e. The van der Waals surface area contributed by atoms with Gasteiger partial charge in [-0.25, -0.2) is 0 Å². The molecule has 2 rings (SSSR count). The van der Waals surface area contributed by atoms with Crippen LogP contribution in [-0.4, -0.2) is 41.5 Å². The summed E-state index contributed by atoms with van der Waals surface area (Å²) < 4.78 is 0. The van der Waals surface area contributed by atoms with Gasteiger partial charge in [-0.1, -0.05) is 17.7 Å². The molecule has 5 nitrogen and oxygen atoms in total. The number of halogens is 1. The van der Waals surface area contributed by atoms with Gasteiger partial charge in [0.25, 0.3) is 0 Å². The molecule has 1 aliphatic rings. The van der Waals surface area contributed by atoms with Crippen LogP contribution < -0.4 is 5.32 Å². The molecule has 6 heteroatoms. The lowest BCUT2D eigenvalue weighted by atomic mass is 10.1. The fourth-order valence-corrected chi connectivity index (χ4v) is 2.34. The van der Waals surface area contributed by atoms with Crippen molar-refractivity contribution in [3.63, 3.8) is 0 Å². The largest absolute Gasteiger partial charge is 0.481 e. The van der Waals surface area contributed by atoms with E-state index < -0.39 is 5.97 Å². The standard InChI is InChI=1S/C13H15ClN2O3/c14-10-2-1-3-11(6-10)15-12(17)8-16-5-4-9(7-16)13(18)19/h1-3,6,9H,4-5,7-8H2,(H,15,17)(H,18,19). The molecule has 0 radical (unpaired) electrons. The molecule has 1 heterocycles. The Kier molecular flexibility index (Phi) is 4.39. The van der Waals surface area contributed by atoms with Gasteiger partial charge in [-0.15, -0.1) is 0 Å². The molecule has 1 aliphatic heterocycles. The number of nitrogens with zero attached hydrogens (tertiary/aromatic N) is 1. The van der Waals surface area contributed by atoms with Crippen LogP contribution in [0.4, 0.5) is 5.69 Å². The molecule has 0 aliphatic carbocycles. The molecule has 1 atom stereocenters. The highest BCUT2D eigenvalue weighted by molar-refractivity contribution is 6.30. The monoisotopic (exact) mass is 282 g/mol. The Morgan fingerprint density at radius 3 is 2.89 bits per heavy atom. The van der Waals surface area contributed by atoms with Crippen LogP contribution in [0.2, 0.25) is 5.02 Å². The van der Waals surface area contributed by atoms with Crippen LogP contribution >= 0.6 is 11.6 Å². The first kappa shape index (κ1) is 13.8. The smallest absolute Gasteiger partial charge is 0.307 e. The SMILES string of the molecule is O=C(CN1CCC(C(=O)O)C1)Nc1cccc(Cl)c1. The molecule has 0 spiro atoms. The summed E-state index contributed by atoms with van der Waals surface area (Å²) in [6.07, 6.45) is 0.597. The summed E-state index contributed by atoms with van der Waals surface area (Å²) in [6, 6.07) is 6.92. The number of carboxylic acid groups (broad SMARTS) is 1. The van der Waals surface area contributed by atoms with E-state index in [0.29, 0.717) is 30.2 Å². The van der Waals surface area contributed by atoms with E-state index in [9.17, 15) is 9.59 Å². The summed E-state index contributed by atoms with van der Waals surface area (Å²) in [5.74, 6) is -1.31. The van der Waals surface area contributed by atoms with Crippen molar-refractivity contribution in [1.29, 1.82) is 0 Å². The summed E-state index contributed by atoms with van der Waals surface area (Å²) in [6.45, 7) is 1.27. The Labute approximate surface area is 116 Å². The number of amides is 1. The average molecular weight is 283 g/mol. The highest BCUT2D eigenvalue weighted by atomic mass is 35.5. The number of hydrogen-bond donors (Lipinski definition) is 2. The Bertz CT molecular complexity index is 493. The number of likely N-dealkylation sites (tertiary alicyclic amines) is 1. The number of hydrogen-bond acceptors (Lipinski definition) is 3. The third kappa shape index (κ3) is 3.94. The number of carbonyl (C=O) groups is 2. The first-order chi connectivity index (χ1) is 9.04. The van der Waals surface area contributed by atoms with Gasteiger partial charge in [-0.3, -0.25) is 14.5 Å². The number of anilines is 1. The van der Waals surface area contributed by atoms with Crippen molar-refractivity contribution in [2.75, 3.05) is 25.0 Å². The maximum absolute atomic E-state index is 11.8. The van der Waals surface area contributed by atoms with Crippen molar-refractivity contribution >= 4 is 29.2 Å². The molecule has 0 saturated carbocycles. The molecule has 1 saturated heterocycles. The third-order valence-corrected chi connectivity index (χ3v) is 3.33. The van der Waals surface area contributed by atoms with E-state index in [0.717, 1.165) is 0 Å². The van der Waals surface area contributed by atoms with Gasteiger partial charge in [0, 0.05) is 17.3 Å². The minimum absolute atomic E-state index is 0.159. The fraction of sp³-hybridized carbons (Fsp3) is 0.385. The molecule has 1 aromatic carbocycles. The summed E-state index contributed by atoms with van der Waals surface area (Å²) in [7, 11) is 0. The molecule has 1 aromatic rings. The molecule has 102 valence electrons. The number of aliphatic carboxylic acids is 1. The van der Waals surface area contributed by atoms with Crippen molar-refractivity contribution in [3.8, 4) is 0 Å². The van der Waals surface area contributed by atoms with E-state index in [1.807, 2.05) is 4.90 Å². The molecule has 0 bridgehead atoms. The number of rotatable bonds is 4. The topological polar surface area (TPSA) is 69.6 Å². The second-order valence-electron chi connectivity index (χ2n) is 4.62. The molecular formula is C13H15ClN2O3. The zero-order chi connectivity index (χ0) is 13.8. The Balaban J connectivity index is 1.84. The predicted octanol–water partition coefficient (Wildman–Crippen LogP) is 1.68. The van der Waals surface area contributed by atoms with E-state index in [2.05, 4.69) is 5.32 Å². The van der Waals surface area contributed by atoms with Crippen LogP contribution in [0.15, 0.2) is 24.3 Å². The van der Waals surface area contributed by atoms with Gasteiger partial charge in [-0.2, -0.15) is 0 Å². The quantitative estimate of drug-likeness (QED) is 0.882. The summed E-state index contributed by atoms with van der Waals surface area (Å²) in [5.41, 5.74) is 0.645. The van der Waals surface area contributed by atoms with Crippen LogP contribution in [0.3, 0.4) is 0 Å². The highest BCUT2D eigenvalue weighted by Gasteiger charge is 2.28. The molecule has 19 heavy (non-hydrogen) atoms. The van der Waals surface area contributed by atoms with E-state index in [-0.39, 0.29) is 18.4 Å². The van der Waals surface area contributed by atoms with E-state index in [1.165, 1.54) is 0 Å². The van der Waals surface area contributed by atoms with Gasteiger partial charge in [0.2, 0.25) is 5.91 Å². The van der Waals surface area contributed by atoms with Crippen molar-refractivity contribution in [2.24, 2.45) is 5.92 Å². The van der Waals surface area contributed by atoms with Crippen molar-refractivity contribution < 1.29 is 14.7 Å². The summed E-state index contributed by atoms with van der Waals surface area (Å²) in [5, 5.41) is 12.2. The third-order valence-electron chi connectivity index (χ3n) is 3.10. The van der Waals surface area contributed by atoms with Gasteiger partial charge in [0.15, 0.2) is 0 Å². The molecule has 1 unspecified atom stereocenters. The molecule has 2 N–H and O–H groups in total. The predicted molar refractivity (Wildman–Crippen MR) is 72.3 cm³/mol. The number of carboxylic acids is 1. The lowest BCUT2D eigenvalue weighted by Crippen LogP contribution is -2.32. The lowest BCUT2D eigenvalue weighted by molar-refractivity contribution is -0.141. The van der Waals surface area contributed by atoms with Crippen molar-refractivity contribution in [3.05, 3.63) is 29.3 Å². The van der Waals surface area contributed by atoms with Crippen LogP contribution in [0.1, 0.15) is 6.42 Å². The van der Waals surface area contributed by atoms with E-state index >= 15 is 0 Å². The first-order valence-electron chi connectivity index (χ1n) is 6.05. The van der Waals surface area contributed by atoms with Gasteiger partial charge in [0.05, 0.1) is 12.5 Å². The second kappa shape index (κ2) is 6.04. The van der Waals surface area contributed by atoms with Crippen LogP contribution in [0.5, 0.6) is 0 Å². The molecule has 1 amide bonds. The van der Waals surface area contributed by atoms with Gasteiger partial charge in [-0.05, 0) is 31.2 Å². The van der Waals surface area contributed by atoms with Gasteiger partial charge >= 0.3 is 5.97 Å². The zero-order valence-electron chi connectivity index (χ0n) is 10.3. The Morgan fingerprint density at radius 1 is 1.47 bits per heavy atom. The summed E-state index contributed by atoms with van der Waals surface area (Å²) in [4.78, 5) is 24.5. The van der Waals surface area contributed by atoms with Crippen LogP contribution in [-0.2, 0) is 9.59 Å². The van der Waals surface area contributed by atoms with E-state index in [1.54, 1.807) is 24.3 Å². The maximum Gasteiger partial charge on any atom is 0.307 e. The Hall–Kier alpha value is -1.59. The minimum atomic E-state index is -0.794. The average Bonchev–Trinajstić information content (AvgIpc) is 2.77. The second-order valence-corrected chi connectivity index (χ2v) is 5.05. The van der Waals surface area contributed by atoms with Gasteiger partial charge in [0.1, 0.15) is 0 Å². The number of nitrogens with one attached hydrogen (secondary N) is 1.